The molecule has 0 saturated carbocycles. The Morgan fingerprint density at radius 1 is 0.615 bits per heavy atom. The summed E-state index contributed by atoms with van der Waals surface area (Å²) in [6, 6.07) is 18.2. The monoisotopic (exact) mass is 386 g/mol. The molecular formula is C20H22N2O2S2. The zero-order valence-electron chi connectivity index (χ0n) is 15.3. The number of aryl methyl sites for hydroxylation is 2. The van der Waals surface area contributed by atoms with Gasteiger partial charge in [0.05, 0.1) is 0 Å². The fraction of sp³-hybridized carbons (Fsp3) is 0.200. The van der Waals surface area contributed by atoms with Crippen molar-refractivity contribution in [3.63, 3.8) is 0 Å². The van der Waals surface area contributed by atoms with E-state index in [0.717, 1.165) is 11.1 Å². The van der Waals surface area contributed by atoms with Gasteiger partial charge in [-0.15, -0.1) is 10.2 Å². The van der Waals surface area contributed by atoms with Gasteiger partial charge in [-0.1, -0.05) is 50.2 Å². The highest BCUT2D eigenvalue weighted by molar-refractivity contribution is 7.85. The summed E-state index contributed by atoms with van der Waals surface area (Å²) in [5.74, 6) is 0. The van der Waals surface area contributed by atoms with Crippen molar-refractivity contribution in [1.82, 2.24) is 10.2 Å². The lowest BCUT2D eigenvalue weighted by Crippen LogP contribution is -2.04. The van der Waals surface area contributed by atoms with E-state index in [1.165, 1.54) is 0 Å². The fourth-order valence-corrected chi connectivity index (χ4v) is 4.45. The SMILES string of the molecule is CC.Cc1ccccc1S(=O)c1ccc(S(=O)c2ccccc2C)nn1. The summed E-state index contributed by atoms with van der Waals surface area (Å²) in [6.07, 6.45) is 0. The first-order valence-electron chi connectivity index (χ1n) is 8.36. The molecular weight excluding hydrogens is 364 g/mol. The van der Waals surface area contributed by atoms with Crippen LogP contribution in [-0.2, 0) is 21.6 Å². The Morgan fingerprint density at radius 3 is 1.27 bits per heavy atom. The maximum atomic E-state index is 12.6. The number of hydrogen-bond donors (Lipinski definition) is 0. The first-order chi connectivity index (χ1) is 12.6. The van der Waals surface area contributed by atoms with Crippen LogP contribution in [-0.4, -0.2) is 18.6 Å². The molecule has 2 unspecified atom stereocenters. The molecule has 0 N–H and O–H groups in total. The first-order valence-corrected chi connectivity index (χ1v) is 10.7. The van der Waals surface area contributed by atoms with E-state index in [-0.39, 0.29) is 0 Å². The second-order valence-corrected chi connectivity index (χ2v) is 8.07. The standard InChI is InChI=1S/C18H16N2O2S2.C2H6/c1-13-7-3-5-9-15(13)23(21)17-11-12-18(20-19-17)24(22)16-10-6-4-8-14(16)2;1-2/h3-12H,1-2H3;1-2H3. The highest BCUT2D eigenvalue weighted by Gasteiger charge is 2.15. The van der Waals surface area contributed by atoms with Crippen molar-refractivity contribution in [3.05, 3.63) is 71.8 Å². The second-order valence-electron chi connectivity index (χ2n) is 5.28. The Kier molecular flexibility index (Phi) is 7.36. The molecule has 3 rings (SSSR count). The van der Waals surface area contributed by atoms with Crippen molar-refractivity contribution in [2.75, 3.05) is 0 Å². The summed E-state index contributed by atoms with van der Waals surface area (Å²) in [7, 11) is -2.80. The maximum absolute atomic E-state index is 12.6. The molecule has 6 heteroatoms. The third kappa shape index (κ3) is 4.51. The Labute approximate surface area is 159 Å². The third-order valence-corrected chi connectivity index (χ3v) is 6.49. The number of hydrogen-bond acceptors (Lipinski definition) is 4. The molecule has 2 aromatic carbocycles. The van der Waals surface area contributed by atoms with Gasteiger partial charge in [0, 0.05) is 9.79 Å². The summed E-state index contributed by atoms with van der Waals surface area (Å²) in [5.41, 5.74) is 1.87. The van der Waals surface area contributed by atoms with Gasteiger partial charge in [0.15, 0.2) is 10.1 Å². The molecule has 2 atom stereocenters. The van der Waals surface area contributed by atoms with Crippen LogP contribution in [0.1, 0.15) is 25.0 Å². The molecule has 0 spiro atoms. The molecule has 4 nitrogen and oxygen atoms in total. The first kappa shape index (κ1) is 20.1. The summed E-state index contributed by atoms with van der Waals surface area (Å²) in [6.45, 7) is 7.81. The highest BCUT2D eigenvalue weighted by Crippen LogP contribution is 2.20. The Bertz CT molecular complexity index is 849. The lowest BCUT2D eigenvalue weighted by molar-refractivity contribution is 0.668. The summed E-state index contributed by atoms with van der Waals surface area (Å²) < 4.78 is 25.2. The van der Waals surface area contributed by atoms with Crippen LogP contribution in [0, 0.1) is 13.8 Å². The van der Waals surface area contributed by atoms with E-state index < -0.39 is 21.6 Å². The minimum atomic E-state index is -1.40. The van der Waals surface area contributed by atoms with Crippen LogP contribution >= 0.6 is 0 Å². The van der Waals surface area contributed by atoms with Crippen LogP contribution < -0.4 is 0 Å². The van der Waals surface area contributed by atoms with Gasteiger partial charge in [0.2, 0.25) is 0 Å². The van der Waals surface area contributed by atoms with Crippen LogP contribution in [0.3, 0.4) is 0 Å². The molecule has 0 aliphatic rings. The zero-order chi connectivity index (χ0) is 19.1. The van der Waals surface area contributed by atoms with E-state index in [2.05, 4.69) is 10.2 Å². The largest absolute Gasteiger partial charge is 0.247 e. The van der Waals surface area contributed by atoms with Gasteiger partial charge >= 0.3 is 0 Å². The third-order valence-electron chi connectivity index (χ3n) is 3.58. The highest BCUT2D eigenvalue weighted by atomic mass is 32.2. The topological polar surface area (TPSA) is 59.9 Å². The van der Waals surface area contributed by atoms with Gasteiger partial charge in [-0.3, -0.25) is 0 Å². The molecule has 136 valence electrons. The summed E-state index contributed by atoms with van der Waals surface area (Å²) in [5, 5.41) is 8.77. The predicted molar refractivity (Wildman–Crippen MR) is 105 cm³/mol. The van der Waals surface area contributed by atoms with Crippen molar-refractivity contribution in [3.8, 4) is 0 Å². The van der Waals surface area contributed by atoms with Crippen LogP contribution in [0.2, 0.25) is 0 Å². The predicted octanol–water partition coefficient (Wildman–Crippen LogP) is 4.45. The van der Waals surface area contributed by atoms with Gasteiger partial charge in [-0.25, -0.2) is 8.42 Å². The average Bonchev–Trinajstić information content (AvgIpc) is 2.69. The number of benzene rings is 2. The molecule has 0 fully saturated rings. The maximum Gasteiger partial charge on any atom is 0.154 e. The summed E-state index contributed by atoms with van der Waals surface area (Å²) in [4.78, 5) is 1.42. The fourth-order valence-electron chi connectivity index (χ4n) is 2.26. The van der Waals surface area contributed by atoms with Crippen molar-refractivity contribution in [1.29, 1.82) is 0 Å². The molecule has 0 radical (unpaired) electrons. The van der Waals surface area contributed by atoms with E-state index in [1.54, 1.807) is 12.1 Å². The molecule has 0 bridgehead atoms. The minimum absolute atomic E-state index is 0.356. The van der Waals surface area contributed by atoms with Crippen molar-refractivity contribution in [2.24, 2.45) is 0 Å². The average molecular weight is 387 g/mol. The molecule has 1 aromatic heterocycles. The smallest absolute Gasteiger partial charge is 0.154 e. The Morgan fingerprint density at radius 2 is 0.962 bits per heavy atom. The van der Waals surface area contributed by atoms with Crippen molar-refractivity contribution >= 4 is 21.6 Å². The summed E-state index contributed by atoms with van der Waals surface area (Å²) >= 11 is 0. The van der Waals surface area contributed by atoms with Crippen LogP contribution in [0.5, 0.6) is 0 Å². The minimum Gasteiger partial charge on any atom is -0.247 e. The van der Waals surface area contributed by atoms with Gasteiger partial charge in [-0.2, -0.15) is 0 Å². The lowest BCUT2D eigenvalue weighted by atomic mass is 10.2. The molecule has 26 heavy (non-hydrogen) atoms. The van der Waals surface area contributed by atoms with Gasteiger partial charge < -0.3 is 0 Å². The Hall–Kier alpha value is -2.18. The number of rotatable bonds is 4. The molecule has 0 aliphatic heterocycles. The number of aromatic nitrogens is 2. The zero-order valence-corrected chi connectivity index (χ0v) is 16.9. The Balaban J connectivity index is 0.00000117. The van der Waals surface area contributed by atoms with Crippen LogP contribution in [0.4, 0.5) is 0 Å². The van der Waals surface area contributed by atoms with E-state index in [9.17, 15) is 8.42 Å². The van der Waals surface area contributed by atoms with Gasteiger partial charge in [-0.05, 0) is 49.2 Å². The normalized spacial score (nSPS) is 12.6. The van der Waals surface area contributed by atoms with Crippen LogP contribution in [0.25, 0.3) is 0 Å². The van der Waals surface area contributed by atoms with Crippen LogP contribution in [0.15, 0.2) is 80.5 Å². The van der Waals surface area contributed by atoms with E-state index in [0.29, 0.717) is 19.8 Å². The van der Waals surface area contributed by atoms with Crippen molar-refractivity contribution < 1.29 is 8.42 Å². The van der Waals surface area contributed by atoms with E-state index in [1.807, 2.05) is 76.2 Å². The van der Waals surface area contributed by atoms with Crippen molar-refractivity contribution in [2.45, 2.75) is 47.5 Å². The van der Waals surface area contributed by atoms with Gasteiger partial charge in [0.25, 0.3) is 0 Å². The molecule has 0 aliphatic carbocycles. The molecule has 0 saturated heterocycles. The molecule has 3 aromatic rings. The second kappa shape index (κ2) is 9.50. The van der Waals surface area contributed by atoms with E-state index in [4.69, 9.17) is 0 Å². The molecule has 0 amide bonds. The lowest BCUT2D eigenvalue weighted by Gasteiger charge is -2.06. The van der Waals surface area contributed by atoms with Gasteiger partial charge in [0.1, 0.15) is 21.6 Å². The number of nitrogens with zero attached hydrogens (tertiary/aromatic N) is 2. The quantitative estimate of drug-likeness (QED) is 0.664. The van der Waals surface area contributed by atoms with E-state index >= 15 is 0 Å². The molecule has 1 heterocycles.